The van der Waals surface area contributed by atoms with E-state index in [1.807, 2.05) is 6.07 Å². The average Bonchev–Trinajstić information content (AvgIpc) is 3.05. The maximum absolute atomic E-state index is 11.1. The monoisotopic (exact) mass is 297 g/mol. The van der Waals surface area contributed by atoms with Gasteiger partial charge in [-0.15, -0.1) is 0 Å². The molecule has 0 spiro atoms. The molecule has 0 radical (unpaired) electrons. The Morgan fingerprint density at radius 3 is 2.82 bits per heavy atom. The van der Waals surface area contributed by atoms with Crippen LogP contribution in [0.1, 0.15) is 0 Å². The van der Waals surface area contributed by atoms with Crippen LogP contribution in [0.25, 0.3) is 22.9 Å². The molecule has 22 heavy (non-hydrogen) atoms. The lowest BCUT2D eigenvalue weighted by Crippen LogP contribution is -1.94. The zero-order valence-electron chi connectivity index (χ0n) is 11.6. The van der Waals surface area contributed by atoms with E-state index in [1.165, 1.54) is 19.2 Å². The van der Waals surface area contributed by atoms with Gasteiger partial charge in [0.1, 0.15) is 5.69 Å². The fourth-order valence-corrected chi connectivity index (χ4v) is 1.98. The number of pyridine rings is 1. The van der Waals surface area contributed by atoms with Gasteiger partial charge in [0.05, 0.1) is 12.0 Å². The Kier molecular flexibility index (Phi) is 3.48. The molecule has 110 valence electrons. The Morgan fingerprint density at radius 2 is 2.14 bits per heavy atom. The number of aromatic amines is 1. The van der Waals surface area contributed by atoms with Crippen molar-refractivity contribution in [2.45, 2.75) is 0 Å². The minimum absolute atomic E-state index is 0.135. The largest absolute Gasteiger partial charge is 0.490 e. The Balaban J connectivity index is 2.00. The number of nitro groups is 1. The van der Waals surface area contributed by atoms with Crippen LogP contribution in [0, 0.1) is 10.1 Å². The van der Waals surface area contributed by atoms with Crippen molar-refractivity contribution in [3.05, 3.63) is 52.7 Å². The van der Waals surface area contributed by atoms with Gasteiger partial charge in [-0.2, -0.15) is 5.10 Å². The Labute approximate surface area is 125 Å². The fourth-order valence-electron chi connectivity index (χ4n) is 1.98. The zero-order valence-corrected chi connectivity index (χ0v) is 11.6. The van der Waals surface area contributed by atoms with Crippen LogP contribution in [-0.2, 0) is 0 Å². The van der Waals surface area contributed by atoms with Crippen LogP contribution in [0.4, 0.5) is 5.69 Å². The summed E-state index contributed by atoms with van der Waals surface area (Å²) in [5.74, 6) is 1.04. The summed E-state index contributed by atoms with van der Waals surface area (Å²) < 4.78 is 4.97. The Bertz CT molecular complexity index is 816. The number of nitrogens with one attached hydrogen (secondary N) is 1. The van der Waals surface area contributed by atoms with Crippen molar-refractivity contribution in [3.8, 4) is 28.7 Å². The molecule has 0 unspecified atom stereocenters. The van der Waals surface area contributed by atoms with E-state index in [2.05, 4.69) is 20.2 Å². The van der Waals surface area contributed by atoms with Gasteiger partial charge < -0.3 is 4.74 Å². The molecular formula is C14H11N5O3. The molecule has 8 nitrogen and oxygen atoms in total. The number of nitrogens with zero attached hydrogens (tertiary/aromatic N) is 4. The molecule has 0 aliphatic rings. The van der Waals surface area contributed by atoms with E-state index in [0.717, 1.165) is 0 Å². The third kappa shape index (κ3) is 2.49. The van der Waals surface area contributed by atoms with Crippen molar-refractivity contribution in [1.82, 2.24) is 20.2 Å². The highest BCUT2D eigenvalue weighted by atomic mass is 16.6. The molecule has 3 aromatic rings. The lowest BCUT2D eigenvalue weighted by atomic mass is 10.2. The number of benzene rings is 1. The van der Waals surface area contributed by atoms with Crippen LogP contribution < -0.4 is 4.74 Å². The Morgan fingerprint density at radius 1 is 1.27 bits per heavy atom. The van der Waals surface area contributed by atoms with Gasteiger partial charge in [-0.25, -0.2) is 4.98 Å². The minimum atomic E-state index is -0.505. The number of hydrogen-bond donors (Lipinski definition) is 1. The van der Waals surface area contributed by atoms with Crippen molar-refractivity contribution >= 4 is 5.69 Å². The standard InChI is InChI=1S/C14H11N5O3/c1-22-12-6-5-9(8-11(12)19(20)21)13-16-14(18-17-13)10-4-2-3-7-15-10/h2-8H,1H3,(H,16,17,18). The lowest BCUT2D eigenvalue weighted by molar-refractivity contribution is -0.385. The summed E-state index contributed by atoms with van der Waals surface area (Å²) in [7, 11) is 1.38. The summed E-state index contributed by atoms with van der Waals surface area (Å²) in [4.78, 5) is 19.0. The number of nitro benzene ring substituents is 1. The topological polar surface area (TPSA) is 107 Å². The molecule has 0 bridgehead atoms. The minimum Gasteiger partial charge on any atom is -0.490 e. The fraction of sp³-hybridized carbons (Fsp3) is 0.0714. The quantitative estimate of drug-likeness (QED) is 0.585. The maximum Gasteiger partial charge on any atom is 0.311 e. The van der Waals surface area contributed by atoms with Crippen LogP contribution in [0.15, 0.2) is 42.6 Å². The third-order valence-corrected chi connectivity index (χ3v) is 3.03. The molecule has 2 heterocycles. The maximum atomic E-state index is 11.1. The average molecular weight is 297 g/mol. The summed E-state index contributed by atoms with van der Waals surface area (Å²) >= 11 is 0. The van der Waals surface area contributed by atoms with E-state index < -0.39 is 4.92 Å². The van der Waals surface area contributed by atoms with E-state index >= 15 is 0 Å². The van der Waals surface area contributed by atoms with Crippen molar-refractivity contribution in [3.63, 3.8) is 0 Å². The van der Waals surface area contributed by atoms with Crippen LogP contribution in [0.2, 0.25) is 0 Å². The number of methoxy groups -OCH3 is 1. The summed E-state index contributed by atoms with van der Waals surface area (Å²) in [6, 6.07) is 9.99. The van der Waals surface area contributed by atoms with Gasteiger partial charge in [-0.3, -0.25) is 20.2 Å². The van der Waals surface area contributed by atoms with Gasteiger partial charge in [0.2, 0.25) is 0 Å². The first-order valence-corrected chi connectivity index (χ1v) is 6.35. The van der Waals surface area contributed by atoms with Crippen molar-refractivity contribution in [1.29, 1.82) is 0 Å². The smallest absolute Gasteiger partial charge is 0.311 e. The highest BCUT2D eigenvalue weighted by Gasteiger charge is 2.18. The molecule has 0 atom stereocenters. The summed E-state index contributed by atoms with van der Waals surface area (Å²) in [6.07, 6.45) is 1.65. The molecule has 0 saturated heterocycles. The zero-order chi connectivity index (χ0) is 15.5. The van der Waals surface area contributed by atoms with Crippen molar-refractivity contribution in [2.24, 2.45) is 0 Å². The molecule has 2 aromatic heterocycles. The first-order chi connectivity index (χ1) is 10.7. The molecule has 8 heteroatoms. The summed E-state index contributed by atoms with van der Waals surface area (Å²) in [5.41, 5.74) is 1.03. The number of rotatable bonds is 4. The second-order valence-electron chi connectivity index (χ2n) is 4.37. The number of aromatic nitrogens is 4. The first-order valence-electron chi connectivity index (χ1n) is 6.35. The van der Waals surface area contributed by atoms with Crippen LogP contribution in [0.3, 0.4) is 0 Å². The van der Waals surface area contributed by atoms with Gasteiger partial charge in [0, 0.05) is 17.8 Å². The molecule has 0 amide bonds. The van der Waals surface area contributed by atoms with Crippen LogP contribution in [0.5, 0.6) is 5.75 Å². The van der Waals surface area contributed by atoms with Crippen molar-refractivity contribution < 1.29 is 9.66 Å². The SMILES string of the molecule is COc1ccc(-c2n[nH]c(-c3ccccn3)n2)cc1[N+](=O)[O-]. The molecule has 3 rings (SSSR count). The van der Waals surface area contributed by atoms with Gasteiger partial charge in [0.25, 0.3) is 0 Å². The number of hydrogen-bond acceptors (Lipinski definition) is 6. The molecule has 0 aliphatic heterocycles. The number of ether oxygens (including phenoxy) is 1. The Hall–Kier alpha value is -3.29. The van der Waals surface area contributed by atoms with Gasteiger partial charge in [-0.1, -0.05) is 6.07 Å². The highest BCUT2D eigenvalue weighted by molar-refractivity contribution is 5.65. The van der Waals surface area contributed by atoms with Crippen molar-refractivity contribution in [2.75, 3.05) is 7.11 Å². The van der Waals surface area contributed by atoms with Gasteiger partial charge >= 0.3 is 5.69 Å². The third-order valence-electron chi connectivity index (χ3n) is 3.03. The van der Waals surface area contributed by atoms with E-state index in [9.17, 15) is 10.1 Å². The van der Waals surface area contributed by atoms with Gasteiger partial charge in [-0.05, 0) is 24.3 Å². The van der Waals surface area contributed by atoms with Crippen LogP contribution >= 0.6 is 0 Å². The molecule has 0 saturated carbocycles. The van der Waals surface area contributed by atoms with E-state index in [-0.39, 0.29) is 11.4 Å². The lowest BCUT2D eigenvalue weighted by Gasteiger charge is -2.02. The number of H-pyrrole nitrogens is 1. The summed E-state index contributed by atoms with van der Waals surface area (Å²) in [6.45, 7) is 0. The molecule has 1 N–H and O–H groups in total. The predicted octanol–water partition coefficient (Wildman–Crippen LogP) is 2.45. The van der Waals surface area contributed by atoms with E-state index in [1.54, 1.807) is 24.4 Å². The van der Waals surface area contributed by atoms with E-state index in [0.29, 0.717) is 22.9 Å². The molecule has 0 aliphatic carbocycles. The first kappa shape index (κ1) is 13.7. The highest BCUT2D eigenvalue weighted by Crippen LogP contribution is 2.31. The van der Waals surface area contributed by atoms with Crippen LogP contribution in [-0.4, -0.2) is 32.2 Å². The summed E-state index contributed by atoms with van der Waals surface area (Å²) in [5, 5.41) is 17.9. The molecular weight excluding hydrogens is 286 g/mol. The molecule has 0 fully saturated rings. The van der Waals surface area contributed by atoms with Gasteiger partial charge in [0.15, 0.2) is 17.4 Å². The normalized spacial score (nSPS) is 10.4. The van der Waals surface area contributed by atoms with E-state index in [4.69, 9.17) is 4.74 Å². The second kappa shape index (κ2) is 5.60. The molecule has 1 aromatic carbocycles. The second-order valence-corrected chi connectivity index (χ2v) is 4.37. The predicted molar refractivity (Wildman–Crippen MR) is 78.3 cm³/mol.